The molecule has 3 N–H and O–H groups in total. The molecule has 4 atom stereocenters. The van der Waals surface area contributed by atoms with Crippen molar-refractivity contribution in [3.8, 4) is 5.75 Å². The smallest absolute Gasteiger partial charge is 0.239 e. The number of hydrogen-bond acceptors (Lipinski definition) is 5. The molecule has 1 saturated heterocycles. The second kappa shape index (κ2) is 8.71. The van der Waals surface area contributed by atoms with E-state index >= 15 is 0 Å². The van der Waals surface area contributed by atoms with Gasteiger partial charge in [-0.2, -0.15) is 0 Å². The normalized spacial score (nSPS) is 25.0. The summed E-state index contributed by atoms with van der Waals surface area (Å²) in [4.78, 5) is 17.1. The van der Waals surface area contributed by atoms with Crippen LogP contribution in [0.2, 0.25) is 0 Å². The lowest BCUT2D eigenvalue weighted by molar-refractivity contribution is -0.124. The average Bonchev–Trinajstić information content (AvgIpc) is 3.17. The van der Waals surface area contributed by atoms with E-state index in [0.29, 0.717) is 18.6 Å². The van der Waals surface area contributed by atoms with E-state index in [4.69, 9.17) is 4.74 Å². The first-order valence-electron chi connectivity index (χ1n) is 10.1. The van der Waals surface area contributed by atoms with Gasteiger partial charge in [0.05, 0.1) is 11.7 Å². The first-order valence-corrected chi connectivity index (χ1v) is 10.1. The molecule has 1 saturated carbocycles. The van der Waals surface area contributed by atoms with Gasteiger partial charge >= 0.3 is 0 Å². The number of nitrogens with one attached hydrogen (secondary N) is 3. The Bertz CT molecular complexity index is 798. The molecule has 0 bridgehead atoms. The van der Waals surface area contributed by atoms with Gasteiger partial charge in [-0.1, -0.05) is 31.0 Å². The van der Waals surface area contributed by atoms with Crippen molar-refractivity contribution in [3.05, 3.63) is 59.9 Å². The van der Waals surface area contributed by atoms with Gasteiger partial charge in [0, 0.05) is 18.2 Å². The van der Waals surface area contributed by atoms with Crippen molar-refractivity contribution >= 4 is 5.91 Å². The molecule has 148 valence electrons. The quantitative estimate of drug-likeness (QED) is 0.719. The third-order valence-corrected chi connectivity index (χ3v) is 5.78. The second-order valence-electron chi connectivity index (χ2n) is 7.73. The molecule has 0 spiro atoms. The lowest BCUT2D eigenvalue weighted by atomic mass is 9.81. The largest absolute Gasteiger partial charge is 0.487 e. The summed E-state index contributed by atoms with van der Waals surface area (Å²) in [6, 6.07) is 13.8. The number of pyridine rings is 1. The summed E-state index contributed by atoms with van der Waals surface area (Å²) in [6.45, 7) is 2.43. The molecule has 1 amide bonds. The number of ether oxygens (including phenoxy) is 1. The number of rotatable bonds is 6. The molecule has 1 aliphatic carbocycles. The fraction of sp³-hybridized carbons (Fsp3) is 0.455. The predicted octanol–water partition coefficient (Wildman–Crippen LogP) is 2.87. The van der Waals surface area contributed by atoms with Gasteiger partial charge in [-0.05, 0) is 49.6 Å². The summed E-state index contributed by atoms with van der Waals surface area (Å²) >= 11 is 0. The number of carbonyl (C=O) groups is 1. The van der Waals surface area contributed by atoms with Crippen LogP contribution < -0.4 is 20.9 Å². The maximum atomic E-state index is 12.8. The molecule has 4 unspecified atom stereocenters. The van der Waals surface area contributed by atoms with Crippen LogP contribution in [0, 0.1) is 5.92 Å². The Balaban J connectivity index is 1.35. The average molecular weight is 380 g/mol. The maximum Gasteiger partial charge on any atom is 0.239 e. The van der Waals surface area contributed by atoms with Crippen molar-refractivity contribution in [1.29, 1.82) is 0 Å². The van der Waals surface area contributed by atoms with Crippen LogP contribution in [0.1, 0.15) is 49.9 Å². The van der Waals surface area contributed by atoms with Crippen LogP contribution >= 0.6 is 0 Å². The number of nitrogens with zero attached hydrogens (tertiary/aromatic N) is 1. The lowest BCUT2D eigenvalue weighted by Crippen LogP contribution is -2.46. The van der Waals surface area contributed by atoms with E-state index in [1.165, 1.54) is 12.8 Å². The summed E-state index contributed by atoms with van der Waals surface area (Å²) in [5, 5.41) is 3.16. The maximum absolute atomic E-state index is 12.8. The third kappa shape index (κ3) is 4.34. The van der Waals surface area contributed by atoms with Crippen LogP contribution in [0.4, 0.5) is 0 Å². The number of benzene rings is 1. The molecule has 6 heteroatoms. The zero-order chi connectivity index (χ0) is 19.3. The Hall–Kier alpha value is -2.44. The van der Waals surface area contributed by atoms with Crippen LogP contribution in [0.25, 0.3) is 0 Å². The molecule has 1 aromatic carbocycles. The molecule has 6 nitrogen and oxygen atoms in total. The lowest BCUT2D eigenvalue weighted by Gasteiger charge is -2.27. The highest BCUT2D eigenvalue weighted by Gasteiger charge is 2.41. The van der Waals surface area contributed by atoms with Crippen molar-refractivity contribution in [2.24, 2.45) is 5.92 Å². The number of amides is 1. The third-order valence-electron chi connectivity index (χ3n) is 5.78. The molecule has 2 aromatic rings. The van der Waals surface area contributed by atoms with Crippen LogP contribution in [-0.2, 0) is 11.4 Å². The van der Waals surface area contributed by atoms with Gasteiger partial charge in [0.2, 0.25) is 5.91 Å². The summed E-state index contributed by atoms with van der Waals surface area (Å²) in [6.07, 6.45) is 6.46. The van der Waals surface area contributed by atoms with Gasteiger partial charge in [0.1, 0.15) is 18.4 Å². The van der Waals surface area contributed by atoms with Gasteiger partial charge in [0.15, 0.2) is 0 Å². The number of hydrogen-bond donors (Lipinski definition) is 3. The van der Waals surface area contributed by atoms with Gasteiger partial charge in [-0.3, -0.25) is 15.2 Å². The van der Waals surface area contributed by atoms with E-state index in [1.807, 2.05) is 49.4 Å². The fourth-order valence-electron chi connectivity index (χ4n) is 4.20. The van der Waals surface area contributed by atoms with Crippen molar-refractivity contribution < 1.29 is 9.53 Å². The summed E-state index contributed by atoms with van der Waals surface area (Å²) in [5.41, 5.74) is 8.43. The highest BCUT2D eigenvalue weighted by molar-refractivity contribution is 5.83. The van der Waals surface area contributed by atoms with Crippen molar-refractivity contribution in [2.45, 2.75) is 57.3 Å². The Morgan fingerprint density at radius 2 is 2.11 bits per heavy atom. The van der Waals surface area contributed by atoms with Crippen molar-refractivity contribution in [3.63, 3.8) is 0 Å². The molecule has 28 heavy (non-hydrogen) atoms. The highest BCUT2D eigenvalue weighted by atomic mass is 16.5. The Kier molecular flexibility index (Phi) is 5.88. The number of carbonyl (C=O) groups excluding carboxylic acids is 1. The molecular formula is C22H28N4O2. The molecule has 2 heterocycles. The van der Waals surface area contributed by atoms with Gasteiger partial charge in [-0.15, -0.1) is 0 Å². The number of aromatic nitrogens is 1. The molecule has 4 rings (SSSR count). The number of hydrazine groups is 1. The topological polar surface area (TPSA) is 75.3 Å². The van der Waals surface area contributed by atoms with E-state index < -0.39 is 0 Å². The van der Waals surface area contributed by atoms with Gasteiger partial charge in [-0.25, -0.2) is 5.43 Å². The minimum atomic E-state index is -0.156. The zero-order valence-corrected chi connectivity index (χ0v) is 16.2. The van der Waals surface area contributed by atoms with Gasteiger partial charge < -0.3 is 10.1 Å². The Labute approximate surface area is 166 Å². The minimum Gasteiger partial charge on any atom is -0.487 e. The predicted molar refractivity (Wildman–Crippen MR) is 107 cm³/mol. The Morgan fingerprint density at radius 3 is 2.96 bits per heavy atom. The molecule has 1 aliphatic heterocycles. The molecule has 1 aromatic heterocycles. The standard InChI is InChI=1S/C22H28N4O2/c1-15(24-22(27)21-19-10-2-3-11-20(19)25-26-21)16-7-6-9-18(13-16)28-14-17-8-4-5-12-23-17/h4-9,12-13,15,19-21,25-26H,2-3,10-11,14H2,1H3,(H,24,27). The second-order valence-corrected chi connectivity index (χ2v) is 7.73. The van der Waals surface area contributed by atoms with E-state index in [-0.39, 0.29) is 18.0 Å². The fourth-order valence-corrected chi connectivity index (χ4v) is 4.20. The SMILES string of the molecule is CC(NC(=O)C1NNC2CCCCC21)c1cccc(OCc2ccccn2)c1. The Morgan fingerprint density at radius 1 is 1.21 bits per heavy atom. The van der Waals surface area contributed by atoms with Crippen LogP contribution in [0.3, 0.4) is 0 Å². The first-order chi connectivity index (χ1) is 13.7. The zero-order valence-electron chi connectivity index (χ0n) is 16.2. The van der Waals surface area contributed by atoms with E-state index in [9.17, 15) is 4.79 Å². The van der Waals surface area contributed by atoms with Crippen molar-refractivity contribution in [2.75, 3.05) is 0 Å². The molecule has 2 aliphatic rings. The summed E-state index contributed by atoms with van der Waals surface area (Å²) in [5.74, 6) is 1.22. The van der Waals surface area contributed by atoms with Crippen LogP contribution in [-0.4, -0.2) is 23.0 Å². The molecule has 0 radical (unpaired) electrons. The summed E-state index contributed by atoms with van der Waals surface area (Å²) < 4.78 is 5.86. The van der Waals surface area contributed by atoms with Crippen LogP contribution in [0.5, 0.6) is 5.75 Å². The van der Waals surface area contributed by atoms with Gasteiger partial charge in [0.25, 0.3) is 0 Å². The van der Waals surface area contributed by atoms with E-state index in [1.54, 1.807) is 6.20 Å². The monoisotopic (exact) mass is 380 g/mol. The van der Waals surface area contributed by atoms with E-state index in [0.717, 1.165) is 29.8 Å². The molecular weight excluding hydrogens is 352 g/mol. The number of fused-ring (bicyclic) bond motifs is 1. The molecule has 2 fully saturated rings. The minimum absolute atomic E-state index is 0.0641. The summed E-state index contributed by atoms with van der Waals surface area (Å²) in [7, 11) is 0. The highest BCUT2D eigenvalue weighted by Crippen LogP contribution is 2.30. The first kappa shape index (κ1) is 18.9. The van der Waals surface area contributed by atoms with Crippen LogP contribution in [0.15, 0.2) is 48.7 Å². The van der Waals surface area contributed by atoms with E-state index in [2.05, 4.69) is 21.2 Å². The van der Waals surface area contributed by atoms with Crippen molar-refractivity contribution in [1.82, 2.24) is 21.2 Å².